The summed E-state index contributed by atoms with van der Waals surface area (Å²) in [6, 6.07) is 12.8. The maximum atomic E-state index is 12.8. The largest absolute Gasteiger partial charge is 0.321 e. The number of amides is 1. The zero-order chi connectivity index (χ0) is 19.6. The second-order valence-electron chi connectivity index (χ2n) is 6.18. The van der Waals surface area contributed by atoms with Gasteiger partial charge >= 0.3 is 0 Å². The summed E-state index contributed by atoms with van der Waals surface area (Å²) in [5, 5.41) is 7.77. The van der Waals surface area contributed by atoms with Crippen LogP contribution in [-0.2, 0) is 16.4 Å². The summed E-state index contributed by atoms with van der Waals surface area (Å²) in [5.41, 5.74) is 0.202. The van der Waals surface area contributed by atoms with Crippen molar-refractivity contribution < 1.29 is 13.2 Å². The van der Waals surface area contributed by atoms with E-state index < -0.39 is 15.7 Å². The van der Waals surface area contributed by atoms with Crippen molar-refractivity contribution in [2.24, 2.45) is 0 Å². The van der Waals surface area contributed by atoms with Crippen LogP contribution in [0.25, 0.3) is 10.8 Å². The monoisotopic (exact) mass is 385 g/mol. The van der Waals surface area contributed by atoms with E-state index in [1.54, 1.807) is 36.4 Å². The molecule has 2 aromatic carbocycles. The Morgan fingerprint density at radius 3 is 2.48 bits per heavy atom. The van der Waals surface area contributed by atoms with Crippen molar-refractivity contribution in [3.63, 3.8) is 0 Å². The van der Waals surface area contributed by atoms with Crippen LogP contribution in [0.2, 0.25) is 0 Å². The molecule has 0 radical (unpaired) electrons. The van der Waals surface area contributed by atoms with Crippen LogP contribution < -0.4 is 10.9 Å². The van der Waals surface area contributed by atoms with E-state index in [1.807, 2.05) is 6.92 Å². The number of rotatable bonds is 5. The second kappa shape index (κ2) is 7.32. The third-order valence-corrected chi connectivity index (χ3v) is 5.15. The van der Waals surface area contributed by atoms with Gasteiger partial charge in [0.05, 0.1) is 10.3 Å². The van der Waals surface area contributed by atoms with Crippen molar-refractivity contribution in [3.05, 3.63) is 64.6 Å². The summed E-state index contributed by atoms with van der Waals surface area (Å²) in [6.07, 6.45) is 1.80. The zero-order valence-corrected chi connectivity index (χ0v) is 15.8. The first-order chi connectivity index (χ1) is 12.8. The van der Waals surface area contributed by atoms with Crippen LogP contribution in [0.1, 0.15) is 23.8 Å². The van der Waals surface area contributed by atoms with Crippen LogP contribution in [0, 0.1) is 0 Å². The molecule has 0 aliphatic heterocycles. The summed E-state index contributed by atoms with van der Waals surface area (Å²) < 4.78 is 24.7. The topological polar surface area (TPSA) is 98.1 Å². The number of carbonyl (C=O) groups is 1. The molecule has 1 heterocycles. The van der Waals surface area contributed by atoms with Gasteiger partial charge in [-0.05, 0) is 30.7 Å². The average molecular weight is 385 g/mol. The number of fused-ring (bicyclic) bond motifs is 1. The molecular weight excluding hydrogens is 366 g/mol. The highest BCUT2D eigenvalue weighted by atomic mass is 32.2. The number of aromatic nitrogens is 2. The van der Waals surface area contributed by atoms with Crippen LogP contribution in [0.5, 0.6) is 0 Å². The molecule has 0 saturated carbocycles. The number of nitrogens with zero attached hydrogens (tertiary/aromatic N) is 2. The highest BCUT2D eigenvalue weighted by molar-refractivity contribution is 7.90. The third-order valence-electron chi connectivity index (χ3n) is 4.04. The fraction of sp³-hybridized carbons (Fsp3) is 0.211. The van der Waals surface area contributed by atoms with Gasteiger partial charge in [-0.3, -0.25) is 9.59 Å². The maximum absolute atomic E-state index is 12.8. The highest BCUT2D eigenvalue weighted by Gasteiger charge is 2.17. The normalized spacial score (nSPS) is 11.5. The maximum Gasteiger partial charge on any atom is 0.276 e. The quantitative estimate of drug-likeness (QED) is 0.727. The van der Waals surface area contributed by atoms with Crippen molar-refractivity contribution in [2.75, 3.05) is 11.6 Å². The molecule has 7 nitrogen and oxygen atoms in total. The zero-order valence-electron chi connectivity index (χ0n) is 15.0. The minimum absolute atomic E-state index is 0.106. The van der Waals surface area contributed by atoms with Crippen LogP contribution in [0.3, 0.4) is 0 Å². The number of nitrogens with one attached hydrogen (secondary N) is 1. The molecular formula is C19H19N3O4S. The first-order valence-electron chi connectivity index (χ1n) is 8.42. The van der Waals surface area contributed by atoms with Gasteiger partial charge in [0.25, 0.3) is 11.5 Å². The van der Waals surface area contributed by atoms with Crippen molar-refractivity contribution >= 4 is 32.2 Å². The van der Waals surface area contributed by atoms with Crippen LogP contribution in [-0.4, -0.2) is 30.4 Å². The van der Waals surface area contributed by atoms with Crippen LogP contribution >= 0.6 is 0 Å². The van der Waals surface area contributed by atoms with E-state index in [0.29, 0.717) is 29.4 Å². The lowest BCUT2D eigenvalue weighted by Gasteiger charge is -2.11. The molecule has 1 amide bonds. The summed E-state index contributed by atoms with van der Waals surface area (Å²) in [5.74, 6) is -0.512. The Bertz CT molecular complexity index is 1180. The molecule has 0 saturated heterocycles. The Labute approximate surface area is 156 Å². The Balaban J connectivity index is 2.06. The lowest BCUT2D eigenvalue weighted by molar-refractivity contribution is 0.102. The van der Waals surface area contributed by atoms with E-state index in [-0.39, 0.29) is 16.1 Å². The lowest BCUT2D eigenvalue weighted by Crippen LogP contribution is -2.27. The molecule has 8 heteroatoms. The number of sulfone groups is 1. The van der Waals surface area contributed by atoms with Gasteiger partial charge in [0.1, 0.15) is 0 Å². The molecule has 1 aromatic heterocycles. The molecule has 0 fully saturated rings. The Morgan fingerprint density at radius 1 is 1.11 bits per heavy atom. The average Bonchev–Trinajstić information content (AvgIpc) is 2.63. The number of anilines is 1. The second-order valence-corrected chi connectivity index (χ2v) is 8.19. The SMILES string of the molecule is CCCn1nc(C(=O)Nc2cccc(S(C)(=O)=O)c2)c2ccccc2c1=O. The Hall–Kier alpha value is -3.00. The smallest absolute Gasteiger partial charge is 0.276 e. The predicted octanol–water partition coefficient (Wildman–Crippen LogP) is 2.46. The molecule has 0 aliphatic carbocycles. The summed E-state index contributed by atoms with van der Waals surface area (Å²) >= 11 is 0. The van der Waals surface area contributed by atoms with Gasteiger partial charge in [0.15, 0.2) is 15.5 Å². The Kier molecular flexibility index (Phi) is 5.09. The number of hydrogen-bond donors (Lipinski definition) is 1. The van der Waals surface area contributed by atoms with E-state index in [0.717, 1.165) is 6.26 Å². The summed E-state index contributed by atoms with van der Waals surface area (Å²) in [6.45, 7) is 2.31. The number of hydrogen-bond acceptors (Lipinski definition) is 5. The number of benzene rings is 2. The van der Waals surface area contributed by atoms with Crippen LogP contribution in [0.15, 0.2) is 58.2 Å². The van der Waals surface area contributed by atoms with Gasteiger partial charge in [0, 0.05) is 23.9 Å². The van der Waals surface area contributed by atoms with Crippen molar-refractivity contribution in [3.8, 4) is 0 Å². The molecule has 0 aliphatic rings. The lowest BCUT2D eigenvalue weighted by atomic mass is 10.1. The van der Waals surface area contributed by atoms with Crippen LogP contribution in [0.4, 0.5) is 5.69 Å². The van der Waals surface area contributed by atoms with E-state index in [1.165, 1.54) is 16.8 Å². The first kappa shape index (κ1) is 18.8. The third kappa shape index (κ3) is 3.90. The van der Waals surface area contributed by atoms with Gasteiger partial charge < -0.3 is 5.32 Å². The molecule has 0 unspecified atom stereocenters. The molecule has 0 spiro atoms. The van der Waals surface area contributed by atoms with E-state index >= 15 is 0 Å². The van der Waals surface area contributed by atoms with Gasteiger partial charge in [-0.1, -0.05) is 31.2 Å². The minimum Gasteiger partial charge on any atom is -0.321 e. The van der Waals surface area contributed by atoms with E-state index in [2.05, 4.69) is 10.4 Å². The van der Waals surface area contributed by atoms with E-state index in [4.69, 9.17) is 0 Å². The fourth-order valence-corrected chi connectivity index (χ4v) is 3.43. The van der Waals surface area contributed by atoms with Gasteiger partial charge in [-0.2, -0.15) is 5.10 Å². The molecule has 0 atom stereocenters. The number of carbonyl (C=O) groups excluding carboxylic acids is 1. The summed E-state index contributed by atoms with van der Waals surface area (Å²) in [7, 11) is -3.39. The van der Waals surface area contributed by atoms with Gasteiger partial charge in [-0.25, -0.2) is 13.1 Å². The molecule has 3 rings (SSSR count). The standard InChI is InChI=1S/C19H19N3O4S/c1-3-11-22-19(24)16-10-5-4-9-15(16)17(21-22)18(23)20-13-7-6-8-14(12-13)27(2,25)26/h4-10,12H,3,11H2,1-2H3,(H,20,23). The predicted molar refractivity (Wildman–Crippen MR) is 104 cm³/mol. The first-order valence-corrected chi connectivity index (χ1v) is 10.3. The molecule has 1 N–H and O–H groups in total. The van der Waals surface area contributed by atoms with Gasteiger partial charge in [-0.15, -0.1) is 0 Å². The van der Waals surface area contributed by atoms with Gasteiger partial charge in [0.2, 0.25) is 0 Å². The van der Waals surface area contributed by atoms with Crippen molar-refractivity contribution in [1.29, 1.82) is 0 Å². The molecule has 27 heavy (non-hydrogen) atoms. The Morgan fingerprint density at radius 2 is 1.81 bits per heavy atom. The minimum atomic E-state index is -3.39. The fourth-order valence-electron chi connectivity index (χ4n) is 2.76. The molecule has 0 bridgehead atoms. The highest BCUT2D eigenvalue weighted by Crippen LogP contribution is 2.18. The summed E-state index contributed by atoms with van der Waals surface area (Å²) in [4.78, 5) is 25.4. The van der Waals surface area contributed by atoms with E-state index in [9.17, 15) is 18.0 Å². The number of aryl methyl sites for hydroxylation is 1. The van der Waals surface area contributed by atoms with Crippen molar-refractivity contribution in [1.82, 2.24) is 9.78 Å². The van der Waals surface area contributed by atoms with Crippen molar-refractivity contribution in [2.45, 2.75) is 24.8 Å². The molecule has 140 valence electrons. The molecule has 3 aromatic rings.